The van der Waals surface area contributed by atoms with Gasteiger partial charge in [-0.05, 0) is 84.5 Å². The number of carboxylic acids is 1. The lowest BCUT2D eigenvalue weighted by Gasteiger charge is -2.34. The van der Waals surface area contributed by atoms with Crippen LogP contribution >= 0.6 is 0 Å². The molecular weight excluding hydrogens is 706 g/mol. The number of ether oxygens (including phenoxy) is 1. The highest BCUT2D eigenvalue weighted by Crippen LogP contribution is 2.39. The molecule has 15 heteroatoms. The number of aliphatic carboxylic acids is 1. The second kappa shape index (κ2) is 14.4. The normalized spacial score (nSPS) is 17.8. The molecule has 0 saturated carbocycles. The van der Waals surface area contributed by atoms with Crippen LogP contribution in [0.1, 0.15) is 63.0 Å². The number of alkyl halides is 4. The summed E-state index contributed by atoms with van der Waals surface area (Å²) in [5.41, 5.74) is -1.90. The van der Waals surface area contributed by atoms with Gasteiger partial charge in [0.1, 0.15) is 36.2 Å². The fourth-order valence-electron chi connectivity index (χ4n) is 6.86. The molecule has 1 amide bonds. The van der Waals surface area contributed by atoms with Gasteiger partial charge in [0.15, 0.2) is 0 Å². The number of hydrogen-bond acceptors (Lipinski definition) is 6. The first-order valence-electron chi connectivity index (χ1n) is 16.5. The lowest BCUT2D eigenvalue weighted by molar-refractivity contribution is -0.139. The second-order valence-electron chi connectivity index (χ2n) is 13.2. The van der Waals surface area contributed by atoms with Crippen LogP contribution in [0.4, 0.5) is 26.3 Å². The zero-order valence-electron chi connectivity index (χ0n) is 28.4. The number of carbonyl (C=O) groups is 2. The molecule has 1 aromatic heterocycles. The number of halogens is 6. The molecule has 1 fully saturated rings. The van der Waals surface area contributed by atoms with Crippen LogP contribution in [0.2, 0.25) is 0 Å². The topological polar surface area (TPSA) is 125 Å². The van der Waals surface area contributed by atoms with E-state index in [0.29, 0.717) is 27.3 Å². The lowest BCUT2D eigenvalue weighted by Crippen LogP contribution is -2.49. The van der Waals surface area contributed by atoms with Crippen molar-refractivity contribution in [3.05, 3.63) is 121 Å². The van der Waals surface area contributed by atoms with Crippen molar-refractivity contribution in [1.29, 1.82) is 5.26 Å². The number of fused-ring (bicyclic) bond motifs is 6. The Morgan fingerprint density at radius 1 is 1.04 bits per heavy atom. The second-order valence-corrected chi connectivity index (χ2v) is 13.2. The molecule has 0 unspecified atom stereocenters. The predicted molar refractivity (Wildman–Crippen MR) is 179 cm³/mol. The molecule has 1 saturated heterocycles. The van der Waals surface area contributed by atoms with E-state index in [9.17, 15) is 42.3 Å². The molecule has 4 bridgehead atoms. The van der Waals surface area contributed by atoms with Crippen LogP contribution in [0.25, 0.3) is 11.1 Å². The quantitative estimate of drug-likeness (QED) is 0.222. The summed E-state index contributed by atoms with van der Waals surface area (Å²) in [7, 11) is 0. The van der Waals surface area contributed by atoms with Crippen LogP contribution < -0.4 is 15.6 Å². The van der Waals surface area contributed by atoms with Crippen LogP contribution in [0.3, 0.4) is 0 Å². The van der Waals surface area contributed by atoms with Gasteiger partial charge >= 0.3 is 12.1 Å². The minimum absolute atomic E-state index is 0.0100. The maximum absolute atomic E-state index is 16.0. The van der Waals surface area contributed by atoms with Crippen molar-refractivity contribution in [3.63, 3.8) is 0 Å². The summed E-state index contributed by atoms with van der Waals surface area (Å²) in [4.78, 5) is 41.6. The van der Waals surface area contributed by atoms with Gasteiger partial charge in [-0.1, -0.05) is 6.07 Å². The molecule has 3 heterocycles. The first-order chi connectivity index (χ1) is 25.0. The largest absolute Gasteiger partial charge is 0.488 e. The predicted octanol–water partition coefficient (Wildman–Crippen LogP) is 6.31. The van der Waals surface area contributed by atoms with Crippen LogP contribution in [0, 0.1) is 36.8 Å². The van der Waals surface area contributed by atoms with Gasteiger partial charge in [0.2, 0.25) is 5.91 Å². The Morgan fingerprint density at radius 2 is 1.77 bits per heavy atom. The molecule has 2 aliphatic rings. The number of nitrogens with one attached hydrogen (secondary N) is 1. The van der Waals surface area contributed by atoms with Crippen molar-refractivity contribution in [2.75, 3.05) is 19.6 Å². The number of carboxylic acid groups (broad SMARTS) is 1. The molecule has 276 valence electrons. The van der Waals surface area contributed by atoms with Gasteiger partial charge in [-0.15, -0.1) is 0 Å². The van der Waals surface area contributed by atoms with Gasteiger partial charge in [-0.2, -0.15) is 18.4 Å². The number of likely N-dealkylation sites (tertiary alicyclic amines) is 1. The number of aromatic nitrogens is 1. The molecule has 2 aliphatic heterocycles. The molecule has 2 N–H and O–H groups in total. The molecule has 9 nitrogen and oxygen atoms in total. The molecule has 0 spiro atoms. The summed E-state index contributed by atoms with van der Waals surface area (Å²) in [5, 5.41) is 22.0. The monoisotopic (exact) mass is 738 g/mol. The lowest BCUT2D eigenvalue weighted by atomic mass is 9.91. The number of hydrogen-bond donors (Lipinski definition) is 2. The van der Waals surface area contributed by atoms with Gasteiger partial charge in [-0.25, -0.2) is 13.2 Å². The number of nitriles is 1. The Bertz CT molecular complexity index is 2220. The zero-order chi connectivity index (χ0) is 38.4. The van der Waals surface area contributed by atoms with Gasteiger partial charge in [-0.3, -0.25) is 23.9 Å². The van der Waals surface area contributed by atoms with Crippen molar-refractivity contribution in [1.82, 2.24) is 14.8 Å². The van der Waals surface area contributed by atoms with E-state index in [1.165, 1.54) is 37.3 Å². The minimum Gasteiger partial charge on any atom is -0.488 e. The van der Waals surface area contributed by atoms with E-state index in [-0.39, 0.29) is 60.7 Å². The molecule has 53 heavy (non-hydrogen) atoms. The van der Waals surface area contributed by atoms with Crippen molar-refractivity contribution in [2.45, 2.75) is 57.7 Å². The molecule has 0 radical (unpaired) electrons. The summed E-state index contributed by atoms with van der Waals surface area (Å²) >= 11 is 0. The Kier molecular flexibility index (Phi) is 10.1. The third-order valence-corrected chi connectivity index (χ3v) is 9.42. The van der Waals surface area contributed by atoms with Crippen molar-refractivity contribution in [3.8, 4) is 22.9 Å². The van der Waals surface area contributed by atoms with Gasteiger partial charge < -0.3 is 15.2 Å². The molecule has 6 rings (SSSR count). The third kappa shape index (κ3) is 7.64. The van der Waals surface area contributed by atoms with Crippen LogP contribution in [-0.4, -0.2) is 52.3 Å². The maximum atomic E-state index is 16.0. The highest BCUT2D eigenvalue weighted by molar-refractivity contribution is 5.85. The van der Waals surface area contributed by atoms with Gasteiger partial charge in [0, 0.05) is 48.6 Å². The Hall–Kier alpha value is -5.62. The first kappa shape index (κ1) is 37.1. The molecule has 0 aliphatic carbocycles. The Morgan fingerprint density at radius 3 is 2.43 bits per heavy atom. The number of carbonyl (C=O) groups excluding carboxylic acids is 1. The average Bonchev–Trinajstić information content (AvgIpc) is 3.07. The zero-order valence-corrected chi connectivity index (χ0v) is 28.4. The first-order valence-corrected chi connectivity index (χ1v) is 16.5. The van der Waals surface area contributed by atoms with Crippen LogP contribution in [-0.2, 0) is 28.8 Å². The number of nitrogens with zero attached hydrogens (tertiary/aromatic N) is 3. The maximum Gasteiger partial charge on any atom is 0.416 e. The highest BCUT2D eigenvalue weighted by Gasteiger charge is 2.37. The average molecular weight is 739 g/mol. The highest BCUT2D eigenvalue weighted by atomic mass is 19.4. The van der Waals surface area contributed by atoms with E-state index in [2.05, 4.69) is 5.32 Å². The number of pyridine rings is 1. The van der Waals surface area contributed by atoms with Gasteiger partial charge in [0.05, 0.1) is 29.7 Å². The summed E-state index contributed by atoms with van der Waals surface area (Å²) in [6, 6.07) is 8.03. The Balaban J connectivity index is 1.57. The fourth-order valence-corrected chi connectivity index (χ4v) is 6.86. The number of benzene rings is 3. The standard InChI is InChI=1S/C38H32F6N4O5/c1-19-7-22(14-45)10-31-34(19)24-8-20(2)35(41)27(11-24)30(13-33(50)51)46-37(52)36(26-9-21(18-53-31)3-4-29(26)40)48-15-23(5-6-47-16-25(39)17-47)28(12-32(48)49)38(42,43)44/h3-4,7-12,15,25,30,36H,5-6,13,16-18H2,1-2H3,(H,46,52)(H,50,51)/t30-,36+/m1/s1. The van der Waals surface area contributed by atoms with Crippen molar-refractivity contribution >= 4 is 11.9 Å². The summed E-state index contributed by atoms with van der Waals surface area (Å²) in [6.07, 6.45) is -6.51. The summed E-state index contributed by atoms with van der Waals surface area (Å²) in [5.74, 6) is -4.40. The number of aryl methyl sites for hydroxylation is 2. The summed E-state index contributed by atoms with van der Waals surface area (Å²) < 4.78 is 94.7. The summed E-state index contributed by atoms with van der Waals surface area (Å²) in [6.45, 7) is 2.86. The van der Waals surface area contributed by atoms with Crippen LogP contribution in [0.15, 0.2) is 59.5 Å². The van der Waals surface area contributed by atoms with E-state index in [0.717, 1.165) is 12.3 Å². The van der Waals surface area contributed by atoms with E-state index in [1.54, 1.807) is 17.9 Å². The van der Waals surface area contributed by atoms with Crippen molar-refractivity contribution < 1.29 is 45.8 Å². The van der Waals surface area contributed by atoms with Crippen LogP contribution in [0.5, 0.6) is 5.75 Å². The van der Waals surface area contributed by atoms with E-state index < -0.39 is 76.6 Å². The fraction of sp³-hybridized carbons (Fsp3) is 0.316. The van der Waals surface area contributed by atoms with Gasteiger partial charge in [0.25, 0.3) is 5.56 Å². The molecule has 4 aromatic rings. The van der Waals surface area contributed by atoms with E-state index >= 15 is 8.78 Å². The third-order valence-electron chi connectivity index (χ3n) is 9.42. The number of rotatable bonds is 6. The van der Waals surface area contributed by atoms with E-state index in [1.807, 2.05) is 6.07 Å². The SMILES string of the molecule is Cc1cc2cc(c1F)[C@@H](CC(=O)O)NC(=O)[C@@H](n1cc(CCN3CC(F)C3)c(C(F)(F)F)cc1=O)c1cc(ccc1F)COc1cc(C#N)cc(C)c1-2. The van der Waals surface area contributed by atoms with E-state index in [4.69, 9.17) is 4.74 Å². The number of amides is 1. The Labute approximate surface area is 299 Å². The molecular formula is C38H32F6N4O5. The molecule has 2 atom stereocenters. The van der Waals surface area contributed by atoms with Crippen molar-refractivity contribution in [2.24, 2.45) is 0 Å². The minimum atomic E-state index is -4.99. The smallest absolute Gasteiger partial charge is 0.416 e. The molecule has 3 aromatic carbocycles.